The first kappa shape index (κ1) is 26.2. The zero-order valence-corrected chi connectivity index (χ0v) is 18.2. The number of nitrogens with one attached hydrogen (secondary N) is 2. The first-order chi connectivity index (χ1) is 14.6. The van der Waals surface area contributed by atoms with Gasteiger partial charge in [0.1, 0.15) is 0 Å². The quantitative estimate of drug-likeness (QED) is 0.566. The lowest BCUT2D eigenvalue weighted by Gasteiger charge is -2.30. The second kappa shape index (κ2) is 9.80. The molecule has 10 heteroatoms. The van der Waals surface area contributed by atoms with E-state index in [9.17, 15) is 35.9 Å². The van der Waals surface area contributed by atoms with Gasteiger partial charge in [0.15, 0.2) is 5.78 Å². The monoisotopic (exact) mass is 466 g/mol. The molecule has 0 radical (unpaired) electrons. The Morgan fingerprint density at radius 1 is 0.875 bits per heavy atom. The molecule has 1 aliphatic rings. The average Bonchev–Trinajstić information content (AvgIpc) is 2.68. The number of alkyl halides is 6. The molecule has 0 atom stereocenters. The minimum absolute atomic E-state index is 0.00450. The highest BCUT2D eigenvalue weighted by atomic mass is 19.4. The Hall–Kier alpha value is -2.10. The molecule has 1 aromatic carbocycles. The molecule has 1 aliphatic carbocycles. The summed E-state index contributed by atoms with van der Waals surface area (Å²) < 4.78 is 77.8. The minimum Gasteiger partial charge on any atom is -0.352 e. The maximum Gasteiger partial charge on any atom is 0.416 e. The van der Waals surface area contributed by atoms with Gasteiger partial charge in [0, 0.05) is 23.6 Å². The Morgan fingerprint density at radius 3 is 1.81 bits per heavy atom. The molecule has 2 rings (SSSR count). The molecule has 1 aromatic rings. The highest BCUT2D eigenvalue weighted by molar-refractivity contribution is 5.94. The number of hydrogen-bond acceptors (Lipinski definition) is 3. The molecule has 0 saturated heterocycles. The van der Waals surface area contributed by atoms with Crippen molar-refractivity contribution >= 4 is 11.7 Å². The van der Waals surface area contributed by atoms with E-state index in [-0.39, 0.29) is 36.9 Å². The van der Waals surface area contributed by atoms with Crippen LogP contribution < -0.4 is 10.6 Å². The van der Waals surface area contributed by atoms with Crippen LogP contribution in [-0.4, -0.2) is 30.8 Å². The zero-order valence-electron chi connectivity index (χ0n) is 18.2. The van der Waals surface area contributed by atoms with Crippen LogP contribution in [0, 0.1) is 11.3 Å². The molecule has 1 fully saturated rings. The second-order valence-corrected chi connectivity index (χ2v) is 9.28. The van der Waals surface area contributed by atoms with E-state index >= 15 is 0 Å². The largest absolute Gasteiger partial charge is 0.416 e. The van der Waals surface area contributed by atoms with Crippen LogP contribution in [0.4, 0.5) is 26.3 Å². The van der Waals surface area contributed by atoms with Gasteiger partial charge in [0.25, 0.3) is 5.91 Å². The van der Waals surface area contributed by atoms with Gasteiger partial charge in [-0.05, 0) is 49.8 Å². The van der Waals surface area contributed by atoms with E-state index in [0.29, 0.717) is 12.1 Å². The highest BCUT2D eigenvalue weighted by Gasteiger charge is 2.37. The van der Waals surface area contributed by atoms with E-state index in [0.717, 1.165) is 25.7 Å². The molecule has 0 unspecified atom stereocenters. The molecule has 1 amide bonds. The van der Waals surface area contributed by atoms with Crippen molar-refractivity contribution in [2.75, 3.05) is 13.1 Å². The van der Waals surface area contributed by atoms with E-state index in [2.05, 4.69) is 10.6 Å². The Kier molecular flexibility index (Phi) is 8.01. The van der Waals surface area contributed by atoms with E-state index < -0.39 is 40.4 Å². The Labute approximate surface area is 183 Å². The topological polar surface area (TPSA) is 58.2 Å². The third kappa shape index (κ3) is 7.50. The van der Waals surface area contributed by atoms with Crippen LogP contribution in [0.3, 0.4) is 0 Å². The van der Waals surface area contributed by atoms with Gasteiger partial charge < -0.3 is 10.6 Å². The number of halogens is 6. The lowest BCUT2D eigenvalue weighted by atomic mass is 9.85. The van der Waals surface area contributed by atoms with Gasteiger partial charge in [-0.2, -0.15) is 26.3 Å². The number of rotatable bonds is 6. The van der Waals surface area contributed by atoms with Gasteiger partial charge in [-0.15, -0.1) is 0 Å². The molecule has 180 valence electrons. The molecule has 4 nitrogen and oxygen atoms in total. The Balaban J connectivity index is 1.92. The van der Waals surface area contributed by atoms with E-state index in [1.807, 2.05) is 20.8 Å². The average molecular weight is 466 g/mol. The number of carbonyl (C=O) groups excluding carboxylic acids is 2. The van der Waals surface area contributed by atoms with Crippen molar-refractivity contribution in [3.8, 4) is 0 Å². The molecule has 0 aromatic heterocycles. The summed E-state index contributed by atoms with van der Waals surface area (Å²) in [5.41, 5.74) is -4.14. The third-order valence-electron chi connectivity index (χ3n) is 5.64. The molecule has 0 heterocycles. The summed E-state index contributed by atoms with van der Waals surface area (Å²) in [5.74, 6) is -0.813. The van der Waals surface area contributed by atoms with Crippen molar-refractivity contribution < 1.29 is 35.9 Å². The number of hydrogen-bond donors (Lipinski definition) is 2. The summed E-state index contributed by atoms with van der Waals surface area (Å²) in [6.07, 6.45) is -7.04. The highest BCUT2D eigenvalue weighted by Crippen LogP contribution is 2.36. The Morgan fingerprint density at radius 2 is 1.38 bits per heavy atom. The van der Waals surface area contributed by atoms with E-state index in [4.69, 9.17) is 0 Å². The van der Waals surface area contributed by atoms with Crippen LogP contribution in [0.2, 0.25) is 0 Å². The summed E-state index contributed by atoms with van der Waals surface area (Å²) in [6, 6.07) is 1.01. The normalized spacial score (nSPS) is 20.2. The molecule has 2 N–H and O–H groups in total. The fourth-order valence-electron chi connectivity index (χ4n) is 3.50. The third-order valence-corrected chi connectivity index (χ3v) is 5.64. The molecule has 1 saturated carbocycles. The summed E-state index contributed by atoms with van der Waals surface area (Å²) in [5, 5.41) is 5.69. The first-order valence-corrected chi connectivity index (χ1v) is 10.4. The van der Waals surface area contributed by atoms with Crippen molar-refractivity contribution in [1.29, 1.82) is 0 Å². The second-order valence-electron chi connectivity index (χ2n) is 9.28. The van der Waals surface area contributed by atoms with Gasteiger partial charge in [-0.3, -0.25) is 9.59 Å². The standard InChI is InChI=1S/C22H28F6N2O2/c1-20(2,3)18(31)12-29-17-6-4-13(5-7-17)11-30-19(32)14-8-15(21(23,24)25)10-16(9-14)22(26,27)28/h8-10,13,17,29H,4-7,11-12H2,1-3H3,(H,30,32). The van der Waals surface area contributed by atoms with Crippen molar-refractivity contribution in [2.24, 2.45) is 11.3 Å². The summed E-state index contributed by atoms with van der Waals surface area (Å²) in [6.45, 7) is 5.96. The van der Waals surface area contributed by atoms with Crippen molar-refractivity contribution in [3.63, 3.8) is 0 Å². The van der Waals surface area contributed by atoms with E-state index in [1.54, 1.807) is 0 Å². The maximum atomic E-state index is 13.0. The van der Waals surface area contributed by atoms with Crippen LogP contribution in [0.5, 0.6) is 0 Å². The van der Waals surface area contributed by atoms with Gasteiger partial charge in [-0.1, -0.05) is 20.8 Å². The van der Waals surface area contributed by atoms with Crippen molar-refractivity contribution in [3.05, 3.63) is 34.9 Å². The summed E-state index contributed by atoms with van der Waals surface area (Å²) >= 11 is 0. The number of amides is 1. The molecule has 0 bridgehead atoms. The van der Waals surface area contributed by atoms with Gasteiger partial charge in [0.05, 0.1) is 17.7 Å². The molecular formula is C22H28F6N2O2. The van der Waals surface area contributed by atoms with Crippen molar-refractivity contribution in [2.45, 2.75) is 64.8 Å². The number of benzene rings is 1. The first-order valence-electron chi connectivity index (χ1n) is 10.4. The summed E-state index contributed by atoms with van der Waals surface area (Å²) in [4.78, 5) is 24.3. The van der Waals surface area contributed by atoms with Crippen molar-refractivity contribution in [1.82, 2.24) is 10.6 Å². The van der Waals surface area contributed by atoms with Gasteiger partial charge >= 0.3 is 12.4 Å². The number of Topliss-reactive ketones (excluding diaryl/α,β-unsaturated/α-hetero) is 1. The lowest BCUT2D eigenvalue weighted by molar-refractivity contribution is -0.143. The zero-order chi connectivity index (χ0) is 24.3. The van der Waals surface area contributed by atoms with Gasteiger partial charge in [0.2, 0.25) is 0 Å². The predicted octanol–water partition coefficient (Wildman–Crippen LogP) is 5.22. The van der Waals surface area contributed by atoms with Crippen LogP contribution in [0.25, 0.3) is 0 Å². The molecule has 0 spiro atoms. The number of carbonyl (C=O) groups is 2. The van der Waals surface area contributed by atoms with Crippen LogP contribution in [-0.2, 0) is 17.1 Å². The smallest absolute Gasteiger partial charge is 0.352 e. The van der Waals surface area contributed by atoms with Crippen LogP contribution in [0.1, 0.15) is 67.9 Å². The van der Waals surface area contributed by atoms with Crippen LogP contribution >= 0.6 is 0 Å². The fraction of sp³-hybridized carbons (Fsp3) is 0.636. The Bertz CT molecular complexity index is 787. The SMILES string of the molecule is CC(C)(C)C(=O)CNC1CCC(CNC(=O)c2cc(C(F)(F)F)cc(C(F)(F)F)c2)CC1. The fourth-order valence-corrected chi connectivity index (χ4v) is 3.50. The maximum absolute atomic E-state index is 13.0. The molecular weight excluding hydrogens is 438 g/mol. The lowest BCUT2D eigenvalue weighted by Crippen LogP contribution is -2.41. The number of ketones is 1. The van der Waals surface area contributed by atoms with E-state index in [1.165, 1.54) is 0 Å². The van der Waals surface area contributed by atoms with Gasteiger partial charge in [-0.25, -0.2) is 0 Å². The summed E-state index contributed by atoms with van der Waals surface area (Å²) in [7, 11) is 0. The minimum atomic E-state index is -5.00. The molecule has 32 heavy (non-hydrogen) atoms. The molecule has 0 aliphatic heterocycles. The predicted molar refractivity (Wildman–Crippen MR) is 107 cm³/mol. The van der Waals surface area contributed by atoms with Crippen LogP contribution in [0.15, 0.2) is 18.2 Å².